The molecule has 6 heteroatoms. The summed E-state index contributed by atoms with van der Waals surface area (Å²) < 4.78 is 7.80. The molecule has 4 heterocycles. The van der Waals surface area contributed by atoms with Crippen LogP contribution in [0.1, 0.15) is 0 Å². The normalized spacial score (nSPS) is 12.8. The minimum atomic E-state index is -3.04. The van der Waals surface area contributed by atoms with Gasteiger partial charge in [-0.15, -0.1) is 34.0 Å². The summed E-state index contributed by atoms with van der Waals surface area (Å²) in [7, 11) is -3.04. The number of hydrogen-bond acceptors (Lipinski definition) is 5. The van der Waals surface area contributed by atoms with E-state index in [2.05, 4.69) is 265 Å². The highest BCUT2D eigenvalue weighted by Gasteiger charge is 2.50. The van der Waals surface area contributed by atoms with Crippen molar-refractivity contribution in [1.82, 2.24) is 0 Å². The lowest BCUT2D eigenvalue weighted by atomic mass is 10.0. The Labute approximate surface area is 430 Å². The number of anilines is 6. The SMILES string of the molecule is c1ccc(N(c2ccc3sc4ccccc4c3c2)c2cccc3c2-c2ccc(N(c4ccc5c(c4)sc4ccccc45)c4ccc5sc6ccccc6c5c4)cc2[Si]3(c2ccccc2)c2ccccc2)cc1. The van der Waals surface area contributed by atoms with Crippen LogP contribution < -0.4 is 30.5 Å². The Bertz CT molecular complexity index is 4380. The average Bonchev–Trinajstić information content (AvgIpc) is 4.20. The zero-order chi connectivity index (χ0) is 47.3. The topological polar surface area (TPSA) is 6.48 Å². The van der Waals surface area contributed by atoms with Crippen LogP contribution in [0.5, 0.6) is 0 Å². The van der Waals surface area contributed by atoms with Gasteiger partial charge in [-0.3, -0.25) is 0 Å². The maximum absolute atomic E-state index is 3.04. The van der Waals surface area contributed by atoms with Crippen LogP contribution >= 0.6 is 34.0 Å². The van der Waals surface area contributed by atoms with Gasteiger partial charge in [0.2, 0.25) is 0 Å². The Morgan fingerprint density at radius 2 is 0.708 bits per heavy atom. The summed E-state index contributed by atoms with van der Waals surface area (Å²) in [6, 6.07) is 96.1. The molecule has 0 aliphatic carbocycles. The van der Waals surface area contributed by atoms with E-state index in [-0.39, 0.29) is 0 Å². The zero-order valence-corrected chi connectivity index (χ0v) is 42.3. The van der Waals surface area contributed by atoms with E-state index >= 15 is 0 Å². The molecule has 0 bridgehead atoms. The van der Waals surface area contributed by atoms with Crippen molar-refractivity contribution < 1.29 is 0 Å². The zero-order valence-electron chi connectivity index (χ0n) is 38.9. The number of fused-ring (bicyclic) bond motifs is 12. The second-order valence-electron chi connectivity index (χ2n) is 18.8. The molecule has 72 heavy (non-hydrogen) atoms. The van der Waals surface area contributed by atoms with Crippen molar-refractivity contribution in [3.05, 3.63) is 255 Å². The predicted molar refractivity (Wildman–Crippen MR) is 317 cm³/mol. The fraction of sp³-hybridized carbons (Fsp3) is 0. The number of thiophene rings is 3. The van der Waals surface area contributed by atoms with Gasteiger partial charge in [-0.05, 0) is 123 Å². The van der Waals surface area contributed by atoms with Gasteiger partial charge in [0.15, 0.2) is 8.07 Å². The van der Waals surface area contributed by atoms with E-state index in [9.17, 15) is 0 Å². The Hall–Kier alpha value is -8.10. The number of hydrogen-bond donors (Lipinski definition) is 0. The predicted octanol–water partition coefficient (Wildman–Crippen LogP) is 17.1. The molecule has 3 aromatic heterocycles. The van der Waals surface area contributed by atoms with Gasteiger partial charge in [0.05, 0.1) is 5.69 Å². The lowest BCUT2D eigenvalue weighted by molar-refractivity contribution is 1.29. The van der Waals surface area contributed by atoms with Crippen molar-refractivity contribution in [2.45, 2.75) is 0 Å². The van der Waals surface area contributed by atoms with Gasteiger partial charge >= 0.3 is 0 Å². The lowest BCUT2D eigenvalue weighted by Crippen LogP contribution is -2.72. The van der Waals surface area contributed by atoms with E-state index in [0.717, 1.165) is 28.4 Å². The van der Waals surface area contributed by atoms with Gasteiger partial charge < -0.3 is 9.80 Å². The quantitative estimate of drug-likeness (QED) is 0.140. The number of rotatable bonds is 8. The molecule has 0 N–H and O–H groups in total. The van der Waals surface area contributed by atoms with E-state index in [1.807, 2.05) is 34.0 Å². The molecule has 0 saturated heterocycles. The maximum Gasteiger partial charge on any atom is 0.181 e. The van der Waals surface area contributed by atoms with Crippen molar-refractivity contribution in [1.29, 1.82) is 0 Å². The van der Waals surface area contributed by atoms with Crippen molar-refractivity contribution in [2.24, 2.45) is 0 Å². The smallest absolute Gasteiger partial charge is 0.181 e. The molecule has 0 atom stereocenters. The van der Waals surface area contributed by atoms with Gasteiger partial charge in [-0.2, -0.15) is 0 Å². The first-order chi connectivity index (χ1) is 35.7. The molecule has 11 aromatic carbocycles. The van der Waals surface area contributed by atoms with Crippen molar-refractivity contribution in [3.8, 4) is 11.1 Å². The average molecular weight is 987 g/mol. The summed E-state index contributed by atoms with van der Waals surface area (Å²) in [5.74, 6) is 0. The van der Waals surface area contributed by atoms with E-state index in [0.29, 0.717) is 0 Å². The summed E-state index contributed by atoms with van der Waals surface area (Å²) in [6.45, 7) is 0. The standard InChI is InChI=1S/C66H42N2S3Si/c1-4-17-43(18-5-1)68(45-34-38-62-56(40-45)52-25-12-15-29-60(52)70-62)57-26-16-30-64-66(57)54-36-32-47(42-65(54)72(64,48-19-6-2-7-20-48)49-21-8-3-9-22-49)67(44-33-37-61-55(39-44)51-24-11-14-28-59(51)69-61)46-31-35-53-50-23-10-13-27-58(50)71-63(53)41-46/h1-42H. The number of benzene rings is 11. The molecule has 2 nitrogen and oxygen atoms in total. The molecule has 15 rings (SSSR count). The molecular weight excluding hydrogens is 945 g/mol. The molecule has 1 aliphatic heterocycles. The largest absolute Gasteiger partial charge is 0.310 e. The first-order valence-electron chi connectivity index (χ1n) is 24.5. The van der Waals surface area contributed by atoms with E-state index in [1.54, 1.807) is 0 Å². The first kappa shape index (κ1) is 41.7. The molecule has 0 amide bonds. The molecule has 0 fully saturated rings. The van der Waals surface area contributed by atoms with E-state index < -0.39 is 8.07 Å². The third kappa shape index (κ3) is 6.30. The minimum Gasteiger partial charge on any atom is -0.310 e. The molecule has 1 aliphatic rings. The molecule has 0 radical (unpaired) electrons. The van der Waals surface area contributed by atoms with Crippen molar-refractivity contribution >= 4 is 157 Å². The molecular formula is C66H42N2S3Si. The minimum absolute atomic E-state index is 1.13. The van der Waals surface area contributed by atoms with Crippen molar-refractivity contribution in [3.63, 3.8) is 0 Å². The molecule has 14 aromatic rings. The Morgan fingerprint density at radius 1 is 0.264 bits per heavy atom. The molecule has 0 unspecified atom stereocenters. The third-order valence-corrected chi connectivity index (χ3v) is 23.2. The van der Waals surface area contributed by atoms with Crippen LogP contribution in [0.25, 0.3) is 71.6 Å². The fourth-order valence-corrected chi connectivity index (χ4v) is 20.4. The molecule has 0 spiro atoms. The third-order valence-electron chi connectivity index (χ3n) is 14.9. The summed E-state index contributed by atoms with van der Waals surface area (Å²) in [4.78, 5) is 5.03. The monoisotopic (exact) mass is 986 g/mol. The van der Waals surface area contributed by atoms with Crippen LogP contribution in [0, 0.1) is 0 Å². The van der Waals surface area contributed by atoms with Gasteiger partial charge in [-0.1, -0.05) is 158 Å². The van der Waals surface area contributed by atoms with Crippen molar-refractivity contribution in [2.75, 3.05) is 9.80 Å². The maximum atomic E-state index is 2.58. The summed E-state index contributed by atoms with van der Waals surface area (Å²) in [5.41, 5.74) is 9.44. The van der Waals surface area contributed by atoms with Crippen LogP contribution in [-0.2, 0) is 0 Å². The number of nitrogens with zero attached hydrogens (tertiary/aromatic N) is 2. The highest BCUT2D eigenvalue weighted by atomic mass is 32.1. The lowest BCUT2D eigenvalue weighted by Gasteiger charge is -2.33. The van der Waals surface area contributed by atoms with Crippen LogP contribution in [0.2, 0.25) is 0 Å². The van der Waals surface area contributed by atoms with Crippen LogP contribution in [0.15, 0.2) is 255 Å². The Balaban J connectivity index is 1.01. The van der Waals surface area contributed by atoms with E-state index in [1.165, 1.54) is 98.1 Å². The van der Waals surface area contributed by atoms with Gasteiger partial charge in [-0.25, -0.2) is 0 Å². The van der Waals surface area contributed by atoms with Crippen LogP contribution in [0.4, 0.5) is 34.1 Å². The molecule has 338 valence electrons. The highest BCUT2D eigenvalue weighted by Crippen LogP contribution is 2.48. The summed E-state index contributed by atoms with van der Waals surface area (Å²) >= 11 is 5.61. The van der Waals surface area contributed by atoms with Gasteiger partial charge in [0, 0.05) is 94.5 Å². The Morgan fingerprint density at radius 3 is 1.32 bits per heavy atom. The van der Waals surface area contributed by atoms with Crippen LogP contribution in [-0.4, -0.2) is 8.07 Å². The van der Waals surface area contributed by atoms with E-state index in [4.69, 9.17) is 0 Å². The summed E-state index contributed by atoms with van der Waals surface area (Å²) in [6.07, 6.45) is 0. The first-order valence-corrected chi connectivity index (χ1v) is 28.9. The van der Waals surface area contributed by atoms with Gasteiger partial charge in [0.1, 0.15) is 0 Å². The highest BCUT2D eigenvalue weighted by molar-refractivity contribution is 7.26. The summed E-state index contributed by atoms with van der Waals surface area (Å²) in [5, 5.41) is 13.3. The van der Waals surface area contributed by atoms with Crippen LogP contribution in [0.3, 0.4) is 0 Å². The fourth-order valence-electron chi connectivity index (χ4n) is 11.8. The molecule has 0 saturated carbocycles. The number of para-hydroxylation sites is 1. The van der Waals surface area contributed by atoms with Gasteiger partial charge in [0.25, 0.3) is 0 Å². The second kappa shape index (κ2) is 16.5. The Kier molecular flexibility index (Phi) is 9.54. The second-order valence-corrected chi connectivity index (χ2v) is 25.7.